The maximum absolute atomic E-state index is 5.98. The van der Waals surface area contributed by atoms with Crippen molar-refractivity contribution in [3.8, 4) is 16.9 Å². The van der Waals surface area contributed by atoms with Crippen molar-refractivity contribution in [3.05, 3.63) is 70.9 Å². The number of nitrogens with two attached hydrogens (primary N) is 1. The first kappa shape index (κ1) is 14.8. The fraction of sp³-hybridized carbons (Fsp3) is 0.167. The van der Waals surface area contributed by atoms with E-state index in [-0.39, 0.29) is 0 Å². The van der Waals surface area contributed by atoms with Gasteiger partial charge in [-0.05, 0) is 43.8 Å². The molecule has 0 unspecified atom stereocenters. The van der Waals surface area contributed by atoms with Crippen LogP contribution in [0.5, 0.6) is 0 Å². The number of aryl methyl sites for hydroxylation is 1. The van der Waals surface area contributed by atoms with Crippen molar-refractivity contribution in [2.45, 2.75) is 13.3 Å². The van der Waals surface area contributed by atoms with Gasteiger partial charge in [0.15, 0.2) is 0 Å². The number of halogens is 1. The largest absolute Gasteiger partial charge is 0.330 e. The smallest absolute Gasteiger partial charge is 0.0743 e. The summed E-state index contributed by atoms with van der Waals surface area (Å²) in [6.07, 6.45) is 0.763. The first-order valence-corrected chi connectivity index (χ1v) is 7.67. The zero-order valence-corrected chi connectivity index (χ0v) is 13.2. The quantitative estimate of drug-likeness (QED) is 0.791. The van der Waals surface area contributed by atoms with E-state index in [2.05, 4.69) is 37.3 Å². The van der Waals surface area contributed by atoms with Crippen LogP contribution in [0.3, 0.4) is 0 Å². The molecule has 1 aromatic heterocycles. The standard InChI is InChI=1S/C18H18ClN3/c1-13-2-4-14(5-3-13)18-12-16(10-11-20)21-22(18)17-8-6-15(19)7-9-17/h2-9,12H,10-11,20H2,1H3. The number of rotatable bonds is 4. The number of hydrogen-bond acceptors (Lipinski definition) is 2. The Morgan fingerprint density at radius 3 is 2.36 bits per heavy atom. The maximum Gasteiger partial charge on any atom is 0.0743 e. The van der Waals surface area contributed by atoms with E-state index in [1.807, 2.05) is 28.9 Å². The van der Waals surface area contributed by atoms with Crippen molar-refractivity contribution < 1.29 is 0 Å². The Labute approximate surface area is 135 Å². The molecule has 0 aliphatic rings. The molecule has 3 rings (SSSR count). The second kappa shape index (κ2) is 6.34. The van der Waals surface area contributed by atoms with Crippen LogP contribution in [0, 0.1) is 6.92 Å². The van der Waals surface area contributed by atoms with Gasteiger partial charge in [-0.1, -0.05) is 41.4 Å². The lowest BCUT2D eigenvalue weighted by atomic mass is 10.1. The molecule has 3 aromatic rings. The summed E-state index contributed by atoms with van der Waals surface area (Å²) in [4.78, 5) is 0. The van der Waals surface area contributed by atoms with Gasteiger partial charge in [-0.3, -0.25) is 0 Å². The molecule has 0 aliphatic heterocycles. The van der Waals surface area contributed by atoms with Gasteiger partial charge in [-0.2, -0.15) is 5.10 Å². The van der Waals surface area contributed by atoms with Crippen molar-refractivity contribution in [1.82, 2.24) is 9.78 Å². The van der Waals surface area contributed by atoms with Crippen molar-refractivity contribution in [2.75, 3.05) is 6.54 Å². The molecule has 0 bridgehead atoms. The average Bonchev–Trinajstić information content (AvgIpc) is 2.93. The third-order valence-electron chi connectivity index (χ3n) is 3.58. The number of benzene rings is 2. The molecule has 0 aliphatic carbocycles. The van der Waals surface area contributed by atoms with Crippen LogP contribution in [0.15, 0.2) is 54.6 Å². The lowest BCUT2D eigenvalue weighted by Crippen LogP contribution is -2.04. The van der Waals surface area contributed by atoms with Crippen LogP contribution in [0.4, 0.5) is 0 Å². The summed E-state index contributed by atoms with van der Waals surface area (Å²) in [5, 5.41) is 5.41. The number of aromatic nitrogens is 2. The molecule has 0 fully saturated rings. The Kier molecular flexibility index (Phi) is 4.27. The minimum Gasteiger partial charge on any atom is -0.330 e. The fourth-order valence-corrected chi connectivity index (χ4v) is 2.54. The van der Waals surface area contributed by atoms with Crippen LogP contribution in [0.25, 0.3) is 16.9 Å². The third-order valence-corrected chi connectivity index (χ3v) is 3.83. The Morgan fingerprint density at radius 1 is 1.05 bits per heavy atom. The molecule has 0 radical (unpaired) electrons. The van der Waals surface area contributed by atoms with Crippen molar-refractivity contribution >= 4 is 11.6 Å². The summed E-state index contributed by atoms with van der Waals surface area (Å²) >= 11 is 5.98. The van der Waals surface area contributed by atoms with E-state index >= 15 is 0 Å². The third kappa shape index (κ3) is 3.06. The van der Waals surface area contributed by atoms with Gasteiger partial charge in [0, 0.05) is 17.0 Å². The molecule has 0 spiro atoms. The van der Waals surface area contributed by atoms with Gasteiger partial charge in [0.25, 0.3) is 0 Å². The van der Waals surface area contributed by atoms with Gasteiger partial charge in [0.1, 0.15) is 0 Å². The van der Waals surface area contributed by atoms with E-state index in [1.54, 1.807) is 0 Å². The normalized spacial score (nSPS) is 10.9. The van der Waals surface area contributed by atoms with Crippen LogP contribution >= 0.6 is 11.6 Å². The number of nitrogens with zero attached hydrogens (tertiary/aromatic N) is 2. The van der Waals surface area contributed by atoms with Crippen LogP contribution < -0.4 is 5.73 Å². The van der Waals surface area contributed by atoms with Crippen molar-refractivity contribution in [1.29, 1.82) is 0 Å². The van der Waals surface area contributed by atoms with Gasteiger partial charge >= 0.3 is 0 Å². The van der Waals surface area contributed by atoms with Gasteiger partial charge < -0.3 is 5.73 Å². The van der Waals surface area contributed by atoms with E-state index in [1.165, 1.54) is 5.56 Å². The maximum atomic E-state index is 5.98. The molecule has 0 saturated heterocycles. The second-order valence-corrected chi connectivity index (χ2v) is 5.75. The minimum atomic E-state index is 0.588. The molecule has 1 heterocycles. The van der Waals surface area contributed by atoms with Crippen molar-refractivity contribution in [2.24, 2.45) is 5.73 Å². The summed E-state index contributed by atoms with van der Waals surface area (Å²) in [5.74, 6) is 0. The van der Waals surface area contributed by atoms with E-state index < -0.39 is 0 Å². The molecule has 3 nitrogen and oxygen atoms in total. The predicted molar refractivity (Wildman–Crippen MR) is 91.5 cm³/mol. The highest BCUT2D eigenvalue weighted by molar-refractivity contribution is 6.30. The SMILES string of the molecule is Cc1ccc(-c2cc(CCN)nn2-c2ccc(Cl)cc2)cc1. The highest BCUT2D eigenvalue weighted by Gasteiger charge is 2.11. The molecule has 0 saturated carbocycles. The second-order valence-electron chi connectivity index (χ2n) is 5.31. The molecule has 4 heteroatoms. The van der Waals surface area contributed by atoms with Crippen molar-refractivity contribution in [3.63, 3.8) is 0 Å². The fourth-order valence-electron chi connectivity index (χ4n) is 2.41. The van der Waals surface area contributed by atoms with E-state index in [4.69, 9.17) is 22.4 Å². The Bertz CT molecular complexity index is 695. The highest BCUT2D eigenvalue weighted by Crippen LogP contribution is 2.25. The lowest BCUT2D eigenvalue weighted by Gasteiger charge is -2.08. The topological polar surface area (TPSA) is 43.8 Å². The van der Waals surface area contributed by atoms with Crippen LogP contribution in [0.2, 0.25) is 5.02 Å². The molecule has 0 amide bonds. The molecular formula is C18H18ClN3. The summed E-state index contributed by atoms with van der Waals surface area (Å²) in [7, 11) is 0. The Morgan fingerprint density at radius 2 is 1.73 bits per heavy atom. The highest BCUT2D eigenvalue weighted by atomic mass is 35.5. The monoisotopic (exact) mass is 311 g/mol. The van der Waals surface area contributed by atoms with Gasteiger partial charge in [0.2, 0.25) is 0 Å². The first-order chi connectivity index (χ1) is 10.7. The zero-order chi connectivity index (χ0) is 15.5. The average molecular weight is 312 g/mol. The Hall–Kier alpha value is -2.10. The van der Waals surface area contributed by atoms with Gasteiger partial charge in [-0.15, -0.1) is 0 Å². The van der Waals surface area contributed by atoms with Crippen LogP contribution in [0.1, 0.15) is 11.3 Å². The molecular weight excluding hydrogens is 294 g/mol. The van der Waals surface area contributed by atoms with Crippen LogP contribution in [-0.4, -0.2) is 16.3 Å². The summed E-state index contributed by atoms with van der Waals surface area (Å²) in [6.45, 7) is 2.67. The molecule has 2 aromatic carbocycles. The predicted octanol–water partition coefficient (Wildman–Crippen LogP) is 4.00. The Balaban J connectivity index is 2.11. The zero-order valence-electron chi connectivity index (χ0n) is 12.5. The molecule has 112 valence electrons. The van der Waals surface area contributed by atoms with Gasteiger partial charge in [-0.25, -0.2) is 4.68 Å². The number of hydrogen-bond donors (Lipinski definition) is 1. The molecule has 0 atom stereocenters. The van der Waals surface area contributed by atoms with Crippen LogP contribution in [-0.2, 0) is 6.42 Å². The van der Waals surface area contributed by atoms with Gasteiger partial charge in [0.05, 0.1) is 17.1 Å². The summed E-state index contributed by atoms with van der Waals surface area (Å²) in [5.41, 5.74) is 11.1. The lowest BCUT2D eigenvalue weighted by molar-refractivity contribution is 0.826. The minimum absolute atomic E-state index is 0.588. The van der Waals surface area contributed by atoms with E-state index in [0.717, 1.165) is 34.1 Å². The first-order valence-electron chi connectivity index (χ1n) is 7.29. The van der Waals surface area contributed by atoms with E-state index in [9.17, 15) is 0 Å². The summed E-state index contributed by atoms with van der Waals surface area (Å²) in [6, 6.07) is 18.2. The van der Waals surface area contributed by atoms with E-state index in [0.29, 0.717) is 6.54 Å². The summed E-state index contributed by atoms with van der Waals surface area (Å²) < 4.78 is 1.95. The molecule has 22 heavy (non-hydrogen) atoms. The molecule has 2 N–H and O–H groups in total.